The van der Waals surface area contributed by atoms with E-state index < -0.39 is 34.5 Å². The summed E-state index contributed by atoms with van der Waals surface area (Å²) in [4.78, 5) is 0. The van der Waals surface area contributed by atoms with Gasteiger partial charge in [0.05, 0.1) is 45.5 Å². The van der Waals surface area contributed by atoms with E-state index in [0.29, 0.717) is 29.2 Å². The van der Waals surface area contributed by atoms with Crippen LogP contribution in [0.1, 0.15) is 31.9 Å². The molecule has 2 saturated heterocycles. The lowest BCUT2D eigenvalue weighted by Gasteiger charge is -2.48. The summed E-state index contributed by atoms with van der Waals surface area (Å²) >= 11 is 0. The van der Waals surface area contributed by atoms with E-state index in [-0.39, 0.29) is 0 Å². The van der Waals surface area contributed by atoms with Gasteiger partial charge in [-0.15, -0.1) is 0 Å². The highest BCUT2D eigenvalue weighted by atomic mass is 16.7. The molecule has 4 unspecified atom stereocenters. The van der Waals surface area contributed by atoms with Gasteiger partial charge in [-0.05, 0) is 24.1 Å². The number of nitrogens with one attached hydrogen (secondary N) is 1. The number of nitriles is 3. The molecule has 2 bridgehead atoms. The molecule has 4 atom stereocenters. The van der Waals surface area contributed by atoms with Gasteiger partial charge in [0.1, 0.15) is 6.10 Å². The number of fused-ring (bicyclic) bond motifs is 2. The average Bonchev–Trinajstić information content (AvgIpc) is 2.94. The first-order valence-corrected chi connectivity index (χ1v) is 9.28. The van der Waals surface area contributed by atoms with Crippen LogP contribution in [0.4, 0.5) is 0 Å². The Bertz CT molecular complexity index is 981. The Balaban J connectivity index is 2.35. The fourth-order valence-corrected chi connectivity index (χ4v) is 4.78. The topological polar surface area (TPSA) is 141 Å². The minimum absolute atomic E-state index is 0.303. The molecule has 30 heavy (non-hydrogen) atoms. The highest BCUT2D eigenvalue weighted by Gasteiger charge is 2.78. The Morgan fingerprint density at radius 2 is 1.60 bits per heavy atom. The van der Waals surface area contributed by atoms with Crippen LogP contribution in [0, 0.1) is 56.2 Å². The van der Waals surface area contributed by atoms with Crippen LogP contribution < -0.4 is 14.2 Å². The molecule has 2 aliphatic heterocycles. The molecule has 1 aromatic rings. The first kappa shape index (κ1) is 21.2. The Hall–Kier alpha value is -3.48. The van der Waals surface area contributed by atoms with Gasteiger partial charge in [0.25, 0.3) is 0 Å². The van der Waals surface area contributed by atoms with Gasteiger partial charge in [-0.3, -0.25) is 5.41 Å². The number of hydrogen-bond donors (Lipinski definition) is 1. The van der Waals surface area contributed by atoms with Crippen molar-refractivity contribution >= 4 is 5.90 Å². The van der Waals surface area contributed by atoms with Gasteiger partial charge in [-0.1, -0.05) is 6.92 Å². The summed E-state index contributed by atoms with van der Waals surface area (Å²) < 4.78 is 28.0. The second kappa shape index (κ2) is 7.09. The van der Waals surface area contributed by atoms with Crippen LogP contribution in [0.3, 0.4) is 0 Å². The molecule has 9 nitrogen and oxygen atoms in total. The third-order valence-electron chi connectivity index (χ3n) is 6.11. The van der Waals surface area contributed by atoms with Crippen LogP contribution >= 0.6 is 0 Å². The van der Waals surface area contributed by atoms with Crippen LogP contribution in [0.15, 0.2) is 12.1 Å². The molecule has 0 aromatic heterocycles. The summed E-state index contributed by atoms with van der Waals surface area (Å²) in [6, 6.07) is 9.25. The van der Waals surface area contributed by atoms with Gasteiger partial charge in [0.2, 0.25) is 22.8 Å². The first-order valence-electron chi connectivity index (χ1n) is 9.28. The summed E-state index contributed by atoms with van der Waals surface area (Å²) in [5.74, 6) is -1.53. The standard InChI is InChI=1S/C21H22N4O5/c1-6-15-19(2)29-17(12-7-13(26-3)16(28-5)14(8-12)27-4)20(9-22,10-23)21(15,11-24)18(25)30-19/h7-8,15,17,25H,6H2,1-5H3. The molecular weight excluding hydrogens is 388 g/mol. The van der Waals surface area contributed by atoms with Crippen molar-refractivity contribution in [2.45, 2.75) is 32.2 Å². The summed E-state index contributed by atoms with van der Waals surface area (Å²) in [7, 11) is 4.34. The lowest BCUT2D eigenvalue weighted by atomic mass is 9.53. The minimum atomic E-state index is -2.04. The maximum Gasteiger partial charge on any atom is 0.214 e. The molecular formula is C21H22N4O5. The molecule has 156 valence electrons. The molecule has 2 heterocycles. The molecule has 0 amide bonds. The van der Waals surface area contributed by atoms with Crippen LogP contribution in [-0.4, -0.2) is 33.0 Å². The van der Waals surface area contributed by atoms with E-state index in [4.69, 9.17) is 29.1 Å². The largest absolute Gasteiger partial charge is 0.493 e. The lowest BCUT2D eigenvalue weighted by molar-refractivity contribution is -0.273. The zero-order valence-electron chi connectivity index (χ0n) is 17.4. The van der Waals surface area contributed by atoms with Gasteiger partial charge in [-0.2, -0.15) is 15.8 Å². The molecule has 3 rings (SSSR count). The van der Waals surface area contributed by atoms with E-state index in [1.54, 1.807) is 26.0 Å². The third-order valence-corrected chi connectivity index (χ3v) is 6.11. The number of benzene rings is 1. The van der Waals surface area contributed by atoms with E-state index in [1.807, 2.05) is 12.1 Å². The molecule has 0 spiro atoms. The Labute approximate surface area is 174 Å². The van der Waals surface area contributed by atoms with Crippen molar-refractivity contribution in [3.63, 3.8) is 0 Å². The highest BCUT2D eigenvalue weighted by molar-refractivity contribution is 5.89. The normalized spacial score (nSPS) is 30.9. The van der Waals surface area contributed by atoms with Crippen molar-refractivity contribution in [3.05, 3.63) is 17.7 Å². The lowest BCUT2D eigenvalue weighted by Crippen LogP contribution is -2.58. The molecule has 1 aromatic carbocycles. The Morgan fingerprint density at radius 3 is 2.00 bits per heavy atom. The van der Waals surface area contributed by atoms with Crippen LogP contribution in [0.2, 0.25) is 0 Å². The second-order valence-corrected chi connectivity index (χ2v) is 7.32. The van der Waals surface area contributed by atoms with Crippen LogP contribution in [-0.2, 0) is 9.47 Å². The van der Waals surface area contributed by atoms with Gasteiger partial charge >= 0.3 is 0 Å². The van der Waals surface area contributed by atoms with Crippen molar-refractivity contribution in [1.29, 1.82) is 21.2 Å². The summed E-state index contributed by atoms with van der Waals surface area (Å²) in [6.07, 6.45) is -0.837. The number of rotatable bonds is 5. The predicted octanol–water partition coefficient (Wildman–Crippen LogP) is 3.08. The van der Waals surface area contributed by atoms with Crippen LogP contribution in [0.25, 0.3) is 0 Å². The summed E-state index contributed by atoms with van der Waals surface area (Å²) in [6.45, 7) is 3.43. The fraction of sp³-hybridized carbons (Fsp3) is 0.524. The number of nitrogens with zero attached hydrogens (tertiary/aromatic N) is 3. The molecule has 1 N–H and O–H groups in total. The van der Waals surface area contributed by atoms with Crippen molar-refractivity contribution in [2.24, 2.45) is 16.7 Å². The molecule has 0 saturated carbocycles. The van der Waals surface area contributed by atoms with Crippen molar-refractivity contribution in [3.8, 4) is 35.5 Å². The number of methoxy groups -OCH3 is 3. The zero-order chi connectivity index (χ0) is 22.3. The van der Waals surface area contributed by atoms with E-state index >= 15 is 0 Å². The zero-order valence-corrected chi connectivity index (χ0v) is 17.4. The van der Waals surface area contributed by atoms with Crippen molar-refractivity contribution in [2.75, 3.05) is 21.3 Å². The second-order valence-electron chi connectivity index (χ2n) is 7.32. The molecule has 0 aliphatic carbocycles. The van der Waals surface area contributed by atoms with Gasteiger partial charge < -0.3 is 23.7 Å². The quantitative estimate of drug-likeness (QED) is 0.780. The maximum absolute atomic E-state index is 10.2. The predicted molar refractivity (Wildman–Crippen MR) is 103 cm³/mol. The smallest absolute Gasteiger partial charge is 0.214 e. The maximum atomic E-state index is 10.2. The van der Waals surface area contributed by atoms with Crippen LogP contribution in [0.5, 0.6) is 17.2 Å². The van der Waals surface area contributed by atoms with E-state index in [0.717, 1.165) is 0 Å². The van der Waals surface area contributed by atoms with Crippen molar-refractivity contribution in [1.82, 2.24) is 0 Å². The Morgan fingerprint density at radius 1 is 1.03 bits per heavy atom. The number of hydrogen-bond acceptors (Lipinski definition) is 9. The molecule has 2 aliphatic rings. The molecule has 2 fully saturated rings. The Kier molecular flexibility index (Phi) is 5.02. The third kappa shape index (κ3) is 2.32. The fourth-order valence-electron chi connectivity index (χ4n) is 4.78. The van der Waals surface area contributed by atoms with Crippen molar-refractivity contribution < 1.29 is 23.7 Å². The molecule has 9 heteroatoms. The first-order chi connectivity index (χ1) is 14.3. The minimum Gasteiger partial charge on any atom is -0.493 e. The van der Waals surface area contributed by atoms with E-state index in [1.165, 1.54) is 21.3 Å². The van der Waals surface area contributed by atoms with E-state index in [9.17, 15) is 15.8 Å². The highest BCUT2D eigenvalue weighted by Crippen LogP contribution is 2.67. The van der Waals surface area contributed by atoms with Gasteiger partial charge in [0.15, 0.2) is 16.9 Å². The van der Waals surface area contributed by atoms with Gasteiger partial charge in [-0.25, -0.2) is 0 Å². The monoisotopic (exact) mass is 410 g/mol. The number of ether oxygens (including phenoxy) is 5. The molecule has 0 radical (unpaired) electrons. The SMILES string of the molecule is CCC1C2(C)OC(=N)C1(C#N)C(C#N)(C#N)C(c1cc(OC)c(OC)c(OC)c1)O2. The van der Waals surface area contributed by atoms with E-state index in [2.05, 4.69) is 6.07 Å². The summed E-state index contributed by atoms with van der Waals surface area (Å²) in [5, 5.41) is 39.1. The van der Waals surface area contributed by atoms with Gasteiger partial charge in [0, 0.05) is 6.92 Å². The summed E-state index contributed by atoms with van der Waals surface area (Å²) in [5.41, 5.74) is -3.48. The average molecular weight is 410 g/mol.